The molecule has 3 aromatic rings. The van der Waals surface area contributed by atoms with Gasteiger partial charge in [-0.15, -0.1) is 0 Å². The lowest BCUT2D eigenvalue weighted by atomic mass is 9.96. The van der Waals surface area contributed by atoms with Crippen LogP contribution in [0.2, 0.25) is 0 Å². The summed E-state index contributed by atoms with van der Waals surface area (Å²) in [5.41, 5.74) is 1.88. The maximum atomic E-state index is 13.4. The number of imidazole rings is 1. The summed E-state index contributed by atoms with van der Waals surface area (Å²) in [6.07, 6.45) is -1.22. The first-order valence-corrected chi connectivity index (χ1v) is 9.15. The molecular weight excluding hydrogens is 353 g/mol. The largest absolute Gasteiger partial charge is 0.449 e. The first-order chi connectivity index (χ1) is 13.0. The molecular formula is C20H21F3N4. The highest BCUT2D eigenvalue weighted by Crippen LogP contribution is 2.32. The minimum atomic E-state index is -4.48. The van der Waals surface area contributed by atoms with E-state index in [-0.39, 0.29) is 5.92 Å². The SMILES string of the molecule is FC(F)(F)c1nc2cccnc2n1CC1CCN(Cc2ccccc2)CC1. The smallest absolute Gasteiger partial charge is 0.305 e. The molecule has 0 unspecified atom stereocenters. The Kier molecular flexibility index (Phi) is 4.86. The molecule has 1 aliphatic rings. The van der Waals surface area contributed by atoms with Crippen LogP contribution in [0.3, 0.4) is 0 Å². The number of aromatic nitrogens is 3. The monoisotopic (exact) mass is 374 g/mol. The van der Waals surface area contributed by atoms with Crippen molar-refractivity contribution in [1.82, 2.24) is 19.4 Å². The first kappa shape index (κ1) is 18.0. The van der Waals surface area contributed by atoms with Gasteiger partial charge in [-0.2, -0.15) is 13.2 Å². The molecule has 1 aliphatic heterocycles. The molecule has 4 rings (SSSR count). The predicted molar refractivity (Wildman–Crippen MR) is 97.0 cm³/mol. The van der Waals surface area contributed by atoms with E-state index in [4.69, 9.17) is 0 Å². The first-order valence-electron chi connectivity index (χ1n) is 9.15. The second-order valence-corrected chi connectivity index (χ2v) is 7.10. The number of benzene rings is 1. The van der Waals surface area contributed by atoms with Crippen LogP contribution in [0, 0.1) is 5.92 Å². The standard InChI is InChI=1S/C20H21F3N4/c21-20(22,23)19-25-17-7-4-10-24-18(17)27(19)14-16-8-11-26(12-9-16)13-15-5-2-1-3-6-15/h1-7,10,16H,8-9,11-14H2. The normalized spacial score (nSPS) is 16.9. The van der Waals surface area contributed by atoms with E-state index in [1.807, 2.05) is 18.2 Å². The van der Waals surface area contributed by atoms with E-state index in [1.54, 1.807) is 12.1 Å². The van der Waals surface area contributed by atoms with Crippen LogP contribution in [0.4, 0.5) is 13.2 Å². The van der Waals surface area contributed by atoms with Crippen molar-refractivity contribution in [1.29, 1.82) is 0 Å². The molecule has 3 heterocycles. The molecule has 1 fully saturated rings. The number of hydrogen-bond acceptors (Lipinski definition) is 3. The van der Waals surface area contributed by atoms with Crippen molar-refractivity contribution in [3.05, 3.63) is 60.0 Å². The summed E-state index contributed by atoms with van der Waals surface area (Å²) < 4.78 is 41.5. The average Bonchev–Trinajstić information content (AvgIpc) is 3.03. The Bertz CT molecular complexity index is 896. The van der Waals surface area contributed by atoms with Crippen LogP contribution in [0.25, 0.3) is 11.2 Å². The van der Waals surface area contributed by atoms with Crippen molar-refractivity contribution < 1.29 is 13.2 Å². The Morgan fingerprint density at radius 2 is 1.74 bits per heavy atom. The third-order valence-electron chi connectivity index (χ3n) is 5.15. The Labute approximate surface area is 155 Å². The summed E-state index contributed by atoms with van der Waals surface area (Å²) in [6.45, 7) is 2.97. The number of hydrogen-bond donors (Lipinski definition) is 0. The van der Waals surface area contributed by atoms with Gasteiger partial charge in [-0.25, -0.2) is 9.97 Å². The quantitative estimate of drug-likeness (QED) is 0.680. The van der Waals surface area contributed by atoms with Gasteiger partial charge >= 0.3 is 6.18 Å². The van der Waals surface area contributed by atoms with Crippen molar-refractivity contribution >= 4 is 11.2 Å². The van der Waals surface area contributed by atoms with Crippen LogP contribution in [0.15, 0.2) is 48.7 Å². The van der Waals surface area contributed by atoms with Crippen molar-refractivity contribution in [2.24, 2.45) is 5.92 Å². The van der Waals surface area contributed by atoms with Gasteiger partial charge in [0.1, 0.15) is 5.52 Å². The van der Waals surface area contributed by atoms with Crippen LogP contribution in [-0.4, -0.2) is 32.5 Å². The molecule has 0 bridgehead atoms. The fourth-order valence-corrected chi connectivity index (χ4v) is 3.77. The van der Waals surface area contributed by atoms with Crippen molar-refractivity contribution in [3.8, 4) is 0 Å². The second kappa shape index (κ2) is 7.31. The highest BCUT2D eigenvalue weighted by atomic mass is 19.4. The fraction of sp³-hybridized carbons (Fsp3) is 0.400. The van der Waals surface area contributed by atoms with Crippen LogP contribution in [0.1, 0.15) is 24.2 Å². The van der Waals surface area contributed by atoms with Crippen molar-refractivity contribution in [3.63, 3.8) is 0 Å². The number of likely N-dealkylation sites (tertiary alicyclic amines) is 1. The molecule has 1 saturated heterocycles. The van der Waals surface area contributed by atoms with Gasteiger partial charge < -0.3 is 4.57 Å². The summed E-state index contributed by atoms with van der Waals surface area (Å²) in [6, 6.07) is 13.4. The van der Waals surface area contributed by atoms with Crippen molar-refractivity contribution in [2.75, 3.05) is 13.1 Å². The lowest BCUT2D eigenvalue weighted by molar-refractivity contribution is -0.147. The zero-order chi connectivity index (χ0) is 18.9. The summed E-state index contributed by atoms with van der Waals surface area (Å²) in [5, 5.41) is 0. The van der Waals surface area contributed by atoms with E-state index < -0.39 is 12.0 Å². The van der Waals surface area contributed by atoms with E-state index >= 15 is 0 Å². The molecule has 7 heteroatoms. The lowest BCUT2D eigenvalue weighted by Gasteiger charge is -2.32. The molecule has 2 aromatic heterocycles. The Balaban J connectivity index is 1.46. The summed E-state index contributed by atoms with van der Waals surface area (Å²) >= 11 is 0. The maximum absolute atomic E-state index is 13.4. The van der Waals surface area contributed by atoms with E-state index in [2.05, 4.69) is 27.0 Å². The lowest BCUT2D eigenvalue weighted by Crippen LogP contribution is -2.35. The van der Waals surface area contributed by atoms with Gasteiger partial charge in [-0.3, -0.25) is 4.90 Å². The minimum absolute atomic E-state index is 0.192. The van der Waals surface area contributed by atoms with E-state index in [1.165, 1.54) is 16.3 Å². The van der Waals surface area contributed by atoms with Gasteiger partial charge in [0.05, 0.1) is 0 Å². The minimum Gasteiger partial charge on any atom is -0.305 e. The Morgan fingerprint density at radius 3 is 2.44 bits per heavy atom. The molecule has 0 saturated carbocycles. The topological polar surface area (TPSA) is 34.0 Å². The molecule has 0 atom stereocenters. The molecule has 4 nitrogen and oxygen atoms in total. The number of halogens is 3. The van der Waals surface area contributed by atoms with Gasteiger partial charge in [0.2, 0.25) is 5.82 Å². The molecule has 0 radical (unpaired) electrons. The molecule has 27 heavy (non-hydrogen) atoms. The summed E-state index contributed by atoms with van der Waals surface area (Å²) in [7, 11) is 0. The zero-order valence-corrected chi connectivity index (χ0v) is 14.9. The van der Waals surface area contributed by atoms with E-state index in [9.17, 15) is 13.2 Å². The molecule has 0 spiro atoms. The second-order valence-electron chi connectivity index (χ2n) is 7.10. The highest BCUT2D eigenvalue weighted by Gasteiger charge is 2.38. The van der Waals surface area contributed by atoms with Crippen LogP contribution in [-0.2, 0) is 19.3 Å². The summed E-state index contributed by atoms with van der Waals surface area (Å²) in [4.78, 5) is 10.3. The molecule has 0 N–H and O–H groups in total. The molecule has 0 amide bonds. The third kappa shape index (κ3) is 3.98. The van der Waals surface area contributed by atoms with Crippen LogP contribution >= 0.6 is 0 Å². The average molecular weight is 374 g/mol. The Morgan fingerprint density at radius 1 is 1.00 bits per heavy atom. The van der Waals surface area contributed by atoms with Crippen LogP contribution in [0.5, 0.6) is 0 Å². The molecule has 0 aliphatic carbocycles. The predicted octanol–water partition coefficient (Wildman–Crippen LogP) is 4.36. The van der Waals surface area contributed by atoms with Gasteiger partial charge in [0, 0.05) is 19.3 Å². The van der Waals surface area contributed by atoms with Gasteiger partial charge in [-0.05, 0) is 49.5 Å². The number of fused-ring (bicyclic) bond motifs is 1. The molecule has 142 valence electrons. The number of nitrogens with zero attached hydrogens (tertiary/aromatic N) is 4. The highest BCUT2D eigenvalue weighted by molar-refractivity contribution is 5.71. The number of piperidine rings is 1. The maximum Gasteiger partial charge on any atom is 0.449 e. The van der Waals surface area contributed by atoms with Gasteiger partial charge in [0.25, 0.3) is 0 Å². The van der Waals surface area contributed by atoms with Gasteiger partial charge in [0.15, 0.2) is 5.65 Å². The van der Waals surface area contributed by atoms with Crippen molar-refractivity contribution in [2.45, 2.75) is 32.1 Å². The Hall–Kier alpha value is -2.41. The van der Waals surface area contributed by atoms with Gasteiger partial charge in [-0.1, -0.05) is 30.3 Å². The van der Waals surface area contributed by atoms with E-state index in [0.29, 0.717) is 17.7 Å². The summed E-state index contributed by atoms with van der Waals surface area (Å²) in [5.74, 6) is -0.652. The zero-order valence-electron chi connectivity index (χ0n) is 14.9. The third-order valence-corrected chi connectivity index (χ3v) is 5.15. The number of rotatable bonds is 4. The number of alkyl halides is 3. The number of pyridine rings is 1. The van der Waals surface area contributed by atoms with Crippen LogP contribution < -0.4 is 0 Å². The fourth-order valence-electron chi connectivity index (χ4n) is 3.77. The van der Waals surface area contributed by atoms with E-state index in [0.717, 1.165) is 32.5 Å². The molecule has 1 aromatic carbocycles.